The molecule has 0 aliphatic heterocycles. The molecule has 14 heavy (non-hydrogen) atoms. The van der Waals surface area contributed by atoms with Gasteiger partial charge >= 0.3 is 0 Å². The Bertz CT molecular complexity index is 455. The van der Waals surface area contributed by atoms with Crippen LogP contribution in [-0.4, -0.2) is 21.5 Å². The highest BCUT2D eigenvalue weighted by molar-refractivity contribution is 7.13. The zero-order chi connectivity index (χ0) is 9.97. The van der Waals surface area contributed by atoms with E-state index in [1.54, 1.807) is 17.4 Å². The van der Waals surface area contributed by atoms with Crippen molar-refractivity contribution in [3.05, 3.63) is 33.9 Å². The molecular weight excluding hydrogens is 200 g/mol. The van der Waals surface area contributed by atoms with Gasteiger partial charge in [-0.2, -0.15) is 0 Å². The van der Waals surface area contributed by atoms with Gasteiger partial charge < -0.3 is 5.11 Å². The highest BCUT2D eigenvalue weighted by Crippen LogP contribution is 2.20. The lowest BCUT2D eigenvalue weighted by Crippen LogP contribution is -2.17. The molecule has 0 atom stereocenters. The summed E-state index contributed by atoms with van der Waals surface area (Å²) >= 11 is 1.57. The quantitative estimate of drug-likeness (QED) is 0.790. The van der Waals surface area contributed by atoms with Crippen molar-refractivity contribution in [3.63, 3.8) is 0 Å². The summed E-state index contributed by atoms with van der Waals surface area (Å²) in [5, 5.41) is 13.6. The second-order valence-corrected chi connectivity index (χ2v) is 3.81. The van der Waals surface area contributed by atoms with E-state index in [-0.39, 0.29) is 12.2 Å². The number of rotatable bonds is 3. The number of H-pyrrole nitrogens is 1. The fraction of sp³-hybridized carbons (Fsp3) is 0.222. The van der Waals surface area contributed by atoms with E-state index in [9.17, 15) is 4.79 Å². The highest BCUT2D eigenvalue weighted by atomic mass is 32.1. The van der Waals surface area contributed by atoms with Gasteiger partial charge in [0.15, 0.2) is 0 Å². The summed E-state index contributed by atoms with van der Waals surface area (Å²) in [4.78, 5) is 12.4. The summed E-state index contributed by atoms with van der Waals surface area (Å²) in [6.45, 7) is 0.272. The Balaban J connectivity index is 2.38. The maximum atomic E-state index is 11.4. The van der Waals surface area contributed by atoms with E-state index in [4.69, 9.17) is 5.11 Å². The molecule has 0 unspecified atom stereocenters. The van der Waals surface area contributed by atoms with Gasteiger partial charge in [-0.05, 0) is 11.4 Å². The molecule has 0 amide bonds. The summed E-state index contributed by atoms with van der Waals surface area (Å²) in [6, 6.07) is 5.42. The van der Waals surface area contributed by atoms with Crippen LogP contribution in [0.2, 0.25) is 0 Å². The van der Waals surface area contributed by atoms with Crippen molar-refractivity contribution in [3.8, 4) is 10.6 Å². The Morgan fingerprint density at radius 1 is 1.57 bits per heavy atom. The lowest BCUT2D eigenvalue weighted by Gasteiger charge is -1.96. The zero-order valence-corrected chi connectivity index (χ0v) is 8.25. The van der Waals surface area contributed by atoms with Gasteiger partial charge in [-0.15, -0.1) is 11.3 Å². The smallest absolute Gasteiger partial charge is 0.267 e. The maximum Gasteiger partial charge on any atom is 0.267 e. The van der Waals surface area contributed by atoms with Crippen molar-refractivity contribution in [1.82, 2.24) is 9.78 Å². The molecular formula is C9H10N2O2S. The standard InChI is InChI=1S/C9H10N2O2S/c12-4-3-11-9(13)6-7(10-11)8-2-1-5-14-8/h1-2,5-6,10,12H,3-4H2. The number of hydrogen-bond acceptors (Lipinski definition) is 3. The molecule has 0 spiro atoms. The Morgan fingerprint density at radius 3 is 3.07 bits per heavy atom. The molecule has 5 heteroatoms. The van der Waals surface area contributed by atoms with Crippen LogP contribution in [0.25, 0.3) is 10.6 Å². The van der Waals surface area contributed by atoms with Crippen LogP contribution in [0, 0.1) is 0 Å². The summed E-state index contributed by atoms with van der Waals surface area (Å²) in [6.07, 6.45) is 0. The number of nitrogens with zero attached hydrogens (tertiary/aromatic N) is 1. The first-order valence-corrected chi connectivity index (χ1v) is 5.14. The Hall–Kier alpha value is -1.33. The third kappa shape index (κ3) is 1.64. The van der Waals surface area contributed by atoms with Gasteiger partial charge in [0.2, 0.25) is 0 Å². The first-order valence-electron chi connectivity index (χ1n) is 4.26. The van der Waals surface area contributed by atoms with Crippen molar-refractivity contribution in [1.29, 1.82) is 0 Å². The minimum Gasteiger partial charge on any atom is -0.394 e. The first-order chi connectivity index (χ1) is 6.81. The number of aliphatic hydroxyl groups is 1. The normalized spacial score (nSPS) is 10.6. The van der Waals surface area contributed by atoms with Gasteiger partial charge in [0.05, 0.1) is 23.7 Å². The van der Waals surface area contributed by atoms with E-state index in [2.05, 4.69) is 5.10 Å². The topological polar surface area (TPSA) is 58.0 Å². The summed E-state index contributed by atoms with van der Waals surface area (Å²) in [5.74, 6) is 0. The summed E-state index contributed by atoms with van der Waals surface area (Å²) in [7, 11) is 0. The fourth-order valence-electron chi connectivity index (χ4n) is 1.26. The second kappa shape index (κ2) is 3.81. The largest absolute Gasteiger partial charge is 0.394 e. The van der Waals surface area contributed by atoms with Gasteiger partial charge in [0.25, 0.3) is 5.56 Å². The van der Waals surface area contributed by atoms with Crippen LogP contribution in [0.4, 0.5) is 0 Å². The number of aromatic nitrogens is 2. The molecule has 2 rings (SSSR count). The number of hydrogen-bond donors (Lipinski definition) is 2. The Labute approximate surface area is 84.4 Å². The Morgan fingerprint density at radius 2 is 2.43 bits per heavy atom. The number of nitrogens with one attached hydrogen (secondary N) is 1. The van der Waals surface area contributed by atoms with Crippen LogP contribution in [-0.2, 0) is 6.54 Å². The molecule has 0 saturated carbocycles. The van der Waals surface area contributed by atoms with Crippen LogP contribution in [0.15, 0.2) is 28.4 Å². The molecule has 0 aliphatic rings. The molecule has 0 radical (unpaired) electrons. The number of aromatic amines is 1. The highest BCUT2D eigenvalue weighted by Gasteiger charge is 2.04. The van der Waals surface area contributed by atoms with E-state index in [0.29, 0.717) is 6.54 Å². The average molecular weight is 210 g/mol. The summed E-state index contributed by atoms with van der Waals surface area (Å²) < 4.78 is 1.40. The van der Waals surface area contributed by atoms with Crippen LogP contribution < -0.4 is 5.56 Å². The molecule has 0 aliphatic carbocycles. The first kappa shape index (κ1) is 9.23. The molecule has 2 heterocycles. The molecule has 2 aromatic heterocycles. The average Bonchev–Trinajstić information content (AvgIpc) is 2.76. The molecule has 2 aromatic rings. The number of aliphatic hydroxyl groups excluding tert-OH is 1. The van der Waals surface area contributed by atoms with E-state index in [1.807, 2.05) is 17.5 Å². The van der Waals surface area contributed by atoms with Crippen molar-refractivity contribution in [2.45, 2.75) is 6.54 Å². The van der Waals surface area contributed by atoms with Crippen molar-refractivity contribution >= 4 is 11.3 Å². The van der Waals surface area contributed by atoms with Crippen molar-refractivity contribution < 1.29 is 5.11 Å². The van der Waals surface area contributed by atoms with Crippen LogP contribution >= 0.6 is 11.3 Å². The third-order valence-corrected chi connectivity index (χ3v) is 2.80. The number of thiophene rings is 1. The van der Waals surface area contributed by atoms with E-state index in [1.165, 1.54) is 4.68 Å². The zero-order valence-electron chi connectivity index (χ0n) is 7.43. The minimum absolute atomic E-state index is 0.0374. The van der Waals surface area contributed by atoms with Crippen LogP contribution in [0.1, 0.15) is 0 Å². The monoisotopic (exact) mass is 210 g/mol. The second-order valence-electron chi connectivity index (χ2n) is 2.86. The van der Waals surface area contributed by atoms with Gasteiger partial charge in [-0.3, -0.25) is 14.6 Å². The maximum absolute atomic E-state index is 11.4. The lowest BCUT2D eigenvalue weighted by molar-refractivity contribution is 0.267. The molecule has 0 saturated heterocycles. The minimum atomic E-state index is -0.109. The predicted molar refractivity (Wildman–Crippen MR) is 55.5 cm³/mol. The lowest BCUT2D eigenvalue weighted by atomic mass is 10.3. The molecule has 0 fully saturated rings. The van der Waals surface area contributed by atoms with Crippen LogP contribution in [0.5, 0.6) is 0 Å². The van der Waals surface area contributed by atoms with Crippen molar-refractivity contribution in [2.75, 3.05) is 6.61 Å². The van der Waals surface area contributed by atoms with Gasteiger partial charge in [-0.25, -0.2) is 0 Å². The predicted octanol–water partition coefficient (Wildman–Crippen LogP) is 0.897. The fourth-order valence-corrected chi connectivity index (χ4v) is 1.95. The van der Waals surface area contributed by atoms with Crippen LogP contribution in [0.3, 0.4) is 0 Å². The van der Waals surface area contributed by atoms with E-state index in [0.717, 1.165) is 10.6 Å². The molecule has 2 N–H and O–H groups in total. The molecule has 0 aromatic carbocycles. The SMILES string of the molecule is O=c1cc(-c2cccs2)[nH]n1CCO. The third-order valence-electron chi connectivity index (χ3n) is 1.90. The van der Waals surface area contributed by atoms with E-state index >= 15 is 0 Å². The molecule has 74 valence electrons. The van der Waals surface area contributed by atoms with Gasteiger partial charge in [0, 0.05) is 6.07 Å². The van der Waals surface area contributed by atoms with Gasteiger partial charge in [-0.1, -0.05) is 6.07 Å². The van der Waals surface area contributed by atoms with E-state index < -0.39 is 0 Å². The Kier molecular flexibility index (Phi) is 2.51. The van der Waals surface area contributed by atoms with Gasteiger partial charge in [0.1, 0.15) is 0 Å². The molecule has 4 nitrogen and oxygen atoms in total. The summed E-state index contributed by atoms with van der Waals surface area (Å²) in [5.41, 5.74) is 0.695. The van der Waals surface area contributed by atoms with Crippen molar-refractivity contribution in [2.24, 2.45) is 0 Å². The molecule has 0 bridgehead atoms.